The molecule has 0 radical (unpaired) electrons. The predicted molar refractivity (Wildman–Crippen MR) is 103 cm³/mol. The summed E-state index contributed by atoms with van der Waals surface area (Å²) in [5.74, 6) is 0.0442. The Morgan fingerprint density at radius 3 is 2.38 bits per heavy atom. The fourth-order valence-electron chi connectivity index (χ4n) is 3.62. The van der Waals surface area contributed by atoms with E-state index in [2.05, 4.69) is 0 Å². The van der Waals surface area contributed by atoms with Crippen LogP contribution in [0.3, 0.4) is 0 Å². The van der Waals surface area contributed by atoms with Gasteiger partial charge in [-0.25, -0.2) is 4.98 Å². The second-order valence-corrected chi connectivity index (χ2v) is 6.91. The van der Waals surface area contributed by atoms with Crippen LogP contribution in [0.2, 0.25) is 0 Å². The highest BCUT2D eigenvalue weighted by Crippen LogP contribution is 2.26. The Labute approximate surface area is 153 Å². The normalized spacial score (nSPS) is 20.3. The summed E-state index contributed by atoms with van der Waals surface area (Å²) in [6.07, 6.45) is 0.0915. The van der Waals surface area contributed by atoms with Crippen LogP contribution < -0.4 is 0 Å². The number of pyridine rings is 1. The minimum absolute atomic E-state index is 0.0442. The number of ether oxygens (including phenoxy) is 1. The molecule has 4 rings (SSSR count). The topological polar surface area (TPSA) is 42.4 Å². The van der Waals surface area contributed by atoms with Gasteiger partial charge in [-0.1, -0.05) is 48.5 Å². The van der Waals surface area contributed by atoms with E-state index in [4.69, 9.17) is 9.72 Å². The van der Waals surface area contributed by atoms with Crippen LogP contribution in [0.25, 0.3) is 22.2 Å². The number of benzene rings is 2. The second-order valence-electron chi connectivity index (χ2n) is 6.91. The number of hydrogen-bond donors (Lipinski definition) is 0. The molecule has 0 spiro atoms. The third-order valence-electron chi connectivity index (χ3n) is 4.72. The van der Waals surface area contributed by atoms with Crippen LogP contribution in [0.1, 0.15) is 24.2 Å². The van der Waals surface area contributed by atoms with Crippen LogP contribution in [0.4, 0.5) is 0 Å². The first-order valence-corrected chi connectivity index (χ1v) is 9.02. The number of para-hydroxylation sites is 1. The van der Waals surface area contributed by atoms with E-state index in [1.165, 1.54) is 0 Å². The highest BCUT2D eigenvalue weighted by Gasteiger charge is 2.28. The smallest absolute Gasteiger partial charge is 0.254 e. The number of hydrogen-bond acceptors (Lipinski definition) is 3. The van der Waals surface area contributed by atoms with Gasteiger partial charge < -0.3 is 9.64 Å². The van der Waals surface area contributed by atoms with E-state index in [9.17, 15) is 4.79 Å². The van der Waals surface area contributed by atoms with Gasteiger partial charge in [0.25, 0.3) is 5.91 Å². The molecule has 2 aromatic carbocycles. The molecule has 2 atom stereocenters. The molecular formula is C22H22N2O2. The lowest BCUT2D eigenvalue weighted by atomic mass is 10.0. The van der Waals surface area contributed by atoms with E-state index < -0.39 is 0 Å². The summed E-state index contributed by atoms with van der Waals surface area (Å²) in [5.41, 5.74) is 3.38. The minimum Gasteiger partial charge on any atom is -0.372 e. The molecule has 2 heterocycles. The number of fused-ring (bicyclic) bond motifs is 1. The number of carbonyl (C=O) groups is 1. The van der Waals surface area contributed by atoms with Crippen LogP contribution in [0, 0.1) is 0 Å². The van der Waals surface area contributed by atoms with Gasteiger partial charge in [0.2, 0.25) is 0 Å². The molecule has 0 N–H and O–H groups in total. The zero-order chi connectivity index (χ0) is 18.1. The summed E-state index contributed by atoms with van der Waals surface area (Å²) in [6.45, 7) is 5.24. The third kappa shape index (κ3) is 3.20. The standard InChI is InChI=1S/C22H22N2O2/c1-15-13-24(14-16(2)26-15)22(25)19-12-21(17-8-4-3-5-9-17)23-20-11-7-6-10-18(19)20/h3-12,15-16H,13-14H2,1-2H3/t15-,16-/m1/s1. The quantitative estimate of drug-likeness (QED) is 0.700. The van der Waals surface area contributed by atoms with Gasteiger partial charge in [0.1, 0.15) is 0 Å². The molecule has 1 amide bonds. The van der Waals surface area contributed by atoms with E-state index in [0.29, 0.717) is 18.7 Å². The van der Waals surface area contributed by atoms with Crippen LogP contribution in [-0.4, -0.2) is 41.1 Å². The highest BCUT2D eigenvalue weighted by molar-refractivity contribution is 6.07. The Balaban J connectivity index is 1.81. The maximum atomic E-state index is 13.3. The summed E-state index contributed by atoms with van der Waals surface area (Å²) in [6, 6.07) is 19.7. The van der Waals surface area contributed by atoms with Crippen molar-refractivity contribution in [1.82, 2.24) is 9.88 Å². The average Bonchev–Trinajstić information content (AvgIpc) is 2.66. The van der Waals surface area contributed by atoms with Crippen molar-refractivity contribution in [3.63, 3.8) is 0 Å². The fourth-order valence-corrected chi connectivity index (χ4v) is 3.62. The van der Waals surface area contributed by atoms with Gasteiger partial charge in [0.05, 0.1) is 29.0 Å². The first-order valence-electron chi connectivity index (χ1n) is 9.02. The van der Waals surface area contributed by atoms with Crippen LogP contribution in [0.5, 0.6) is 0 Å². The lowest BCUT2D eigenvalue weighted by Crippen LogP contribution is -2.48. The van der Waals surface area contributed by atoms with E-state index in [0.717, 1.165) is 22.2 Å². The first kappa shape index (κ1) is 16.7. The average molecular weight is 346 g/mol. The molecule has 1 saturated heterocycles. The molecule has 0 unspecified atom stereocenters. The summed E-state index contributed by atoms with van der Waals surface area (Å²) in [7, 11) is 0. The van der Waals surface area contributed by atoms with Crippen LogP contribution >= 0.6 is 0 Å². The molecule has 4 nitrogen and oxygen atoms in total. The minimum atomic E-state index is 0.0442. The van der Waals surface area contributed by atoms with Crippen molar-refractivity contribution in [3.05, 3.63) is 66.2 Å². The van der Waals surface area contributed by atoms with Gasteiger partial charge in [-0.05, 0) is 26.0 Å². The van der Waals surface area contributed by atoms with Crippen molar-refractivity contribution in [2.24, 2.45) is 0 Å². The summed E-state index contributed by atoms with van der Waals surface area (Å²) < 4.78 is 5.78. The van der Waals surface area contributed by atoms with Crippen molar-refractivity contribution in [2.75, 3.05) is 13.1 Å². The summed E-state index contributed by atoms with van der Waals surface area (Å²) >= 11 is 0. The number of amides is 1. The number of nitrogens with zero attached hydrogens (tertiary/aromatic N) is 2. The molecule has 1 fully saturated rings. The molecular weight excluding hydrogens is 324 g/mol. The molecule has 1 aliphatic rings. The third-order valence-corrected chi connectivity index (χ3v) is 4.72. The van der Waals surface area contributed by atoms with Gasteiger partial charge >= 0.3 is 0 Å². The highest BCUT2D eigenvalue weighted by atomic mass is 16.5. The van der Waals surface area contributed by atoms with Gasteiger partial charge in [-0.2, -0.15) is 0 Å². The largest absolute Gasteiger partial charge is 0.372 e. The lowest BCUT2D eigenvalue weighted by Gasteiger charge is -2.35. The summed E-state index contributed by atoms with van der Waals surface area (Å²) in [4.78, 5) is 20.0. The van der Waals surface area contributed by atoms with Crippen molar-refractivity contribution in [3.8, 4) is 11.3 Å². The molecule has 0 aliphatic carbocycles. The molecule has 3 aromatic rings. The zero-order valence-corrected chi connectivity index (χ0v) is 15.1. The lowest BCUT2D eigenvalue weighted by molar-refractivity contribution is -0.0585. The van der Waals surface area contributed by atoms with Crippen molar-refractivity contribution in [1.29, 1.82) is 0 Å². The van der Waals surface area contributed by atoms with Gasteiger partial charge in [-0.3, -0.25) is 4.79 Å². The van der Waals surface area contributed by atoms with Crippen molar-refractivity contribution >= 4 is 16.8 Å². The number of carbonyl (C=O) groups excluding carboxylic acids is 1. The Morgan fingerprint density at radius 1 is 1.00 bits per heavy atom. The number of rotatable bonds is 2. The maximum Gasteiger partial charge on any atom is 0.254 e. The molecule has 1 aromatic heterocycles. The number of aromatic nitrogens is 1. The Bertz CT molecular complexity index is 929. The maximum absolute atomic E-state index is 13.3. The Hall–Kier alpha value is -2.72. The fraction of sp³-hybridized carbons (Fsp3) is 0.273. The SMILES string of the molecule is C[C@@H]1CN(C(=O)c2cc(-c3ccccc3)nc3ccccc23)C[C@@H](C)O1. The summed E-state index contributed by atoms with van der Waals surface area (Å²) in [5, 5.41) is 0.893. The van der Waals surface area contributed by atoms with Gasteiger partial charge in [0.15, 0.2) is 0 Å². The first-order chi connectivity index (χ1) is 12.6. The molecule has 26 heavy (non-hydrogen) atoms. The zero-order valence-electron chi connectivity index (χ0n) is 15.1. The van der Waals surface area contributed by atoms with E-state index in [-0.39, 0.29) is 18.1 Å². The van der Waals surface area contributed by atoms with Crippen LogP contribution in [0.15, 0.2) is 60.7 Å². The van der Waals surface area contributed by atoms with Crippen molar-refractivity contribution in [2.45, 2.75) is 26.1 Å². The predicted octanol–water partition coefficient (Wildman–Crippen LogP) is 4.15. The van der Waals surface area contributed by atoms with E-state index in [1.54, 1.807) is 0 Å². The second kappa shape index (κ2) is 6.89. The Morgan fingerprint density at radius 2 is 1.65 bits per heavy atom. The van der Waals surface area contributed by atoms with Gasteiger partial charge in [0, 0.05) is 24.0 Å². The molecule has 4 heteroatoms. The van der Waals surface area contributed by atoms with Crippen molar-refractivity contribution < 1.29 is 9.53 Å². The molecule has 0 bridgehead atoms. The molecule has 0 saturated carbocycles. The molecule has 1 aliphatic heterocycles. The van der Waals surface area contributed by atoms with Gasteiger partial charge in [-0.15, -0.1) is 0 Å². The van der Waals surface area contributed by atoms with E-state index >= 15 is 0 Å². The number of morpholine rings is 1. The Kier molecular flexibility index (Phi) is 4.43. The molecule has 132 valence electrons. The monoisotopic (exact) mass is 346 g/mol. The van der Waals surface area contributed by atoms with Crippen LogP contribution in [-0.2, 0) is 4.74 Å². The van der Waals surface area contributed by atoms with E-state index in [1.807, 2.05) is 79.4 Å².